The second-order valence-corrected chi connectivity index (χ2v) is 5.57. The van der Waals surface area contributed by atoms with E-state index in [0.29, 0.717) is 34.1 Å². The van der Waals surface area contributed by atoms with Gasteiger partial charge >= 0.3 is 11.9 Å². The SMILES string of the molecule is COc1ccc(C2=C(c3cc(OC)c(OC)c(OC)c3)C(=O)OC2=O)cc1. The Hall–Kier alpha value is -3.48. The van der Waals surface area contributed by atoms with Gasteiger partial charge in [-0.2, -0.15) is 0 Å². The van der Waals surface area contributed by atoms with E-state index in [4.69, 9.17) is 23.7 Å². The number of benzene rings is 2. The fourth-order valence-electron chi connectivity index (χ4n) is 2.90. The Morgan fingerprint density at radius 3 is 1.63 bits per heavy atom. The van der Waals surface area contributed by atoms with Gasteiger partial charge in [0.15, 0.2) is 11.5 Å². The molecule has 0 unspecified atom stereocenters. The van der Waals surface area contributed by atoms with Gasteiger partial charge in [0.05, 0.1) is 39.6 Å². The molecule has 1 heterocycles. The number of esters is 2. The molecule has 0 N–H and O–H groups in total. The van der Waals surface area contributed by atoms with Crippen molar-refractivity contribution in [2.75, 3.05) is 28.4 Å². The van der Waals surface area contributed by atoms with Gasteiger partial charge in [0.25, 0.3) is 0 Å². The highest BCUT2D eigenvalue weighted by Gasteiger charge is 2.36. The predicted molar refractivity (Wildman–Crippen MR) is 97.0 cm³/mol. The lowest BCUT2D eigenvalue weighted by Gasteiger charge is -2.14. The van der Waals surface area contributed by atoms with Crippen molar-refractivity contribution < 1.29 is 33.3 Å². The van der Waals surface area contributed by atoms with E-state index < -0.39 is 11.9 Å². The van der Waals surface area contributed by atoms with Crippen molar-refractivity contribution in [2.45, 2.75) is 0 Å². The molecule has 0 spiro atoms. The van der Waals surface area contributed by atoms with Gasteiger partial charge in [-0.05, 0) is 35.4 Å². The van der Waals surface area contributed by atoms with Crippen molar-refractivity contribution in [1.82, 2.24) is 0 Å². The molecule has 0 radical (unpaired) electrons. The third kappa shape index (κ3) is 3.19. The molecular weight excluding hydrogens is 352 g/mol. The summed E-state index contributed by atoms with van der Waals surface area (Å²) >= 11 is 0. The highest BCUT2D eigenvalue weighted by Crippen LogP contribution is 2.43. The molecule has 1 aliphatic rings. The highest BCUT2D eigenvalue weighted by atomic mass is 16.6. The van der Waals surface area contributed by atoms with Gasteiger partial charge in [-0.1, -0.05) is 12.1 Å². The molecule has 1 aliphatic heterocycles. The number of methoxy groups -OCH3 is 4. The first-order valence-electron chi connectivity index (χ1n) is 7.99. The number of hydrogen-bond donors (Lipinski definition) is 0. The van der Waals surface area contributed by atoms with Crippen LogP contribution in [0.25, 0.3) is 11.1 Å². The molecule has 27 heavy (non-hydrogen) atoms. The normalized spacial score (nSPS) is 13.5. The Kier molecular flexibility index (Phi) is 5.03. The number of rotatable bonds is 6. The van der Waals surface area contributed by atoms with E-state index in [9.17, 15) is 9.59 Å². The predicted octanol–water partition coefficient (Wildman–Crippen LogP) is 2.72. The summed E-state index contributed by atoms with van der Waals surface area (Å²) < 4.78 is 26.0. The Bertz CT molecular complexity index is 901. The van der Waals surface area contributed by atoms with Crippen LogP contribution in [0.5, 0.6) is 23.0 Å². The van der Waals surface area contributed by atoms with E-state index in [1.54, 1.807) is 43.5 Å². The molecule has 140 valence electrons. The first-order chi connectivity index (χ1) is 13.0. The van der Waals surface area contributed by atoms with Gasteiger partial charge in [-0.25, -0.2) is 9.59 Å². The van der Waals surface area contributed by atoms with Crippen LogP contribution in [0.3, 0.4) is 0 Å². The smallest absolute Gasteiger partial charge is 0.347 e. The van der Waals surface area contributed by atoms with Crippen molar-refractivity contribution >= 4 is 23.1 Å². The molecule has 0 aliphatic carbocycles. The van der Waals surface area contributed by atoms with Crippen molar-refractivity contribution in [3.05, 3.63) is 47.5 Å². The minimum atomic E-state index is -0.736. The van der Waals surface area contributed by atoms with Gasteiger partial charge in [0, 0.05) is 0 Å². The van der Waals surface area contributed by atoms with E-state index in [0.717, 1.165) is 0 Å². The standard InChI is InChI=1S/C20H18O7/c1-23-13-7-5-11(6-8-13)16-17(20(22)27-19(16)21)12-9-14(24-2)18(26-4)15(10-12)25-3/h5-10H,1-4H3. The average Bonchev–Trinajstić information content (AvgIpc) is 3.00. The van der Waals surface area contributed by atoms with Crippen molar-refractivity contribution in [2.24, 2.45) is 0 Å². The molecule has 3 rings (SSSR count). The molecule has 0 aromatic heterocycles. The molecular formula is C20H18O7. The minimum Gasteiger partial charge on any atom is -0.497 e. The third-order valence-corrected chi connectivity index (χ3v) is 4.18. The molecule has 7 nitrogen and oxygen atoms in total. The van der Waals surface area contributed by atoms with E-state index in [1.807, 2.05) is 0 Å². The zero-order valence-electron chi connectivity index (χ0n) is 15.3. The number of hydrogen-bond acceptors (Lipinski definition) is 7. The fourth-order valence-corrected chi connectivity index (χ4v) is 2.90. The van der Waals surface area contributed by atoms with Gasteiger partial charge in [0.1, 0.15) is 5.75 Å². The van der Waals surface area contributed by atoms with Crippen molar-refractivity contribution in [3.8, 4) is 23.0 Å². The maximum Gasteiger partial charge on any atom is 0.347 e. The minimum absolute atomic E-state index is 0.129. The Morgan fingerprint density at radius 1 is 0.667 bits per heavy atom. The van der Waals surface area contributed by atoms with Crippen molar-refractivity contribution in [3.63, 3.8) is 0 Å². The Balaban J connectivity index is 2.23. The number of cyclic esters (lactones) is 2. The number of carbonyl (C=O) groups excluding carboxylic acids is 2. The Labute approximate surface area is 156 Å². The van der Waals surface area contributed by atoms with Crippen molar-refractivity contribution in [1.29, 1.82) is 0 Å². The number of ether oxygens (including phenoxy) is 5. The quantitative estimate of drug-likeness (QED) is 0.571. The molecule has 0 amide bonds. The third-order valence-electron chi connectivity index (χ3n) is 4.18. The van der Waals surface area contributed by atoms with Crippen LogP contribution in [-0.4, -0.2) is 40.4 Å². The van der Waals surface area contributed by atoms with E-state index in [2.05, 4.69) is 0 Å². The summed E-state index contributed by atoms with van der Waals surface area (Å²) in [6, 6.07) is 9.97. The zero-order valence-corrected chi connectivity index (χ0v) is 15.3. The second-order valence-electron chi connectivity index (χ2n) is 5.57. The lowest BCUT2D eigenvalue weighted by molar-refractivity contribution is -0.149. The van der Waals surface area contributed by atoms with Crippen LogP contribution in [0.15, 0.2) is 36.4 Å². The Morgan fingerprint density at radius 2 is 1.19 bits per heavy atom. The summed E-state index contributed by atoms with van der Waals surface area (Å²) in [6.07, 6.45) is 0. The molecule has 0 fully saturated rings. The molecule has 0 bridgehead atoms. The number of carbonyl (C=O) groups is 2. The van der Waals surface area contributed by atoms with Crippen LogP contribution in [0, 0.1) is 0 Å². The molecule has 7 heteroatoms. The lowest BCUT2D eigenvalue weighted by Crippen LogP contribution is -2.02. The maximum absolute atomic E-state index is 12.4. The summed E-state index contributed by atoms with van der Waals surface area (Å²) in [5, 5.41) is 0. The topological polar surface area (TPSA) is 80.3 Å². The highest BCUT2D eigenvalue weighted by molar-refractivity contribution is 6.44. The monoisotopic (exact) mass is 370 g/mol. The van der Waals surface area contributed by atoms with Gasteiger partial charge in [0.2, 0.25) is 5.75 Å². The largest absolute Gasteiger partial charge is 0.497 e. The first-order valence-corrected chi connectivity index (χ1v) is 7.99. The van der Waals surface area contributed by atoms with Gasteiger partial charge < -0.3 is 23.7 Å². The molecule has 0 atom stereocenters. The first kappa shape index (κ1) is 18.3. The zero-order chi connectivity index (χ0) is 19.6. The summed E-state index contributed by atoms with van der Waals surface area (Å²) in [6.45, 7) is 0. The molecule has 2 aromatic carbocycles. The summed E-state index contributed by atoms with van der Waals surface area (Å²) in [5.41, 5.74) is 1.25. The van der Waals surface area contributed by atoms with Crippen LogP contribution >= 0.6 is 0 Å². The molecule has 0 saturated carbocycles. The molecule has 2 aromatic rings. The van der Waals surface area contributed by atoms with E-state index in [-0.39, 0.29) is 11.1 Å². The van der Waals surface area contributed by atoms with Crippen LogP contribution in [0.2, 0.25) is 0 Å². The summed E-state index contributed by atoms with van der Waals surface area (Å²) in [7, 11) is 5.97. The maximum atomic E-state index is 12.4. The van der Waals surface area contributed by atoms with Gasteiger partial charge in [-0.15, -0.1) is 0 Å². The van der Waals surface area contributed by atoms with Crippen LogP contribution in [0.4, 0.5) is 0 Å². The fraction of sp³-hybridized carbons (Fsp3) is 0.200. The average molecular weight is 370 g/mol. The summed E-state index contributed by atoms with van der Waals surface area (Å²) in [4.78, 5) is 24.7. The summed E-state index contributed by atoms with van der Waals surface area (Å²) in [5.74, 6) is 0.287. The van der Waals surface area contributed by atoms with Gasteiger partial charge in [-0.3, -0.25) is 0 Å². The lowest BCUT2D eigenvalue weighted by atomic mass is 9.95. The van der Waals surface area contributed by atoms with Crippen LogP contribution < -0.4 is 18.9 Å². The van der Waals surface area contributed by atoms with E-state index >= 15 is 0 Å². The van der Waals surface area contributed by atoms with E-state index in [1.165, 1.54) is 21.3 Å². The van der Waals surface area contributed by atoms with Crippen LogP contribution in [0.1, 0.15) is 11.1 Å². The van der Waals surface area contributed by atoms with Crippen LogP contribution in [-0.2, 0) is 14.3 Å². The second kappa shape index (κ2) is 7.41. The molecule has 0 saturated heterocycles.